The van der Waals surface area contributed by atoms with E-state index >= 15 is 0 Å². The van der Waals surface area contributed by atoms with Crippen molar-refractivity contribution in [2.75, 3.05) is 13.2 Å². The summed E-state index contributed by atoms with van der Waals surface area (Å²) in [6, 6.07) is 5.85. The van der Waals surface area contributed by atoms with Crippen molar-refractivity contribution in [1.29, 1.82) is 0 Å². The molecule has 2 aromatic heterocycles. The Bertz CT molecular complexity index is 1010. The second-order valence-corrected chi connectivity index (χ2v) is 9.16. The maximum absolute atomic E-state index is 11.4. The molecule has 7 heteroatoms. The molecule has 6 nitrogen and oxygen atoms in total. The number of nitrogens with zero attached hydrogens (tertiary/aromatic N) is 1. The molecule has 2 heterocycles. The summed E-state index contributed by atoms with van der Waals surface area (Å²) in [5.74, 6) is 1.41. The number of aliphatic carboxylic acids is 1. The first-order valence-corrected chi connectivity index (χ1v) is 11.0. The number of carbonyl (C=O) groups is 1. The van der Waals surface area contributed by atoms with E-state index < -0.39 is 12.1 Å². The summed E-state index contributed by atoms with van der Waals surface area (Å²) in [7, 11) is 0. The summed E-state index contributed by atoms with van der Waals surface area (Å²) >= 11 is 1.58. The molecule has 0 spiro atoms. The molecule has 0 bridgehead atoms. The number of oxazole rings is 1. The largest absolute Gasteiger partial charge is 0.493 e. The van der Waals surface area contributed by atoms with Crippen LogP contribution in [-0.2, 0) is 27.8 Å². The highest BCUT2D eigenvalue weighted by atomic mass is 32.1. The molecule has 1 atom stereocenters. The Morgan fingerprint density at radius 1 is 1.30 bits per heavy atom. The Kier molecular flexibility index (Phi) is 6.83. The molecule has 162 valence electrons. The molecule has 0 unspecified atom stereocenters. The third kappa shape index (κ3) is 5.02. The molecule has 1 aromatic carbocycles. The number of hydrogen-bond acceptors (Lipinski definition) is 6. The van der Waals surface area contributed by atoms with E-state index in [9.17, 15) is 9.90 Å². The van der Waals surface area contributed by atoms with Gasteiger partial charge in [0, 0.05) is 34.9 Å². The zero-order chi connectivity index (χ0) is 21.9. The van der Waals surface area contributed by atoms with Crippen molar-refractivity contribution in [3.63, 3.8) is 0 Å². The summed E-state index contributed by atoms with van der Waals surface area (Å²) in [5, 5.41) is 12.4. The topological polar surface area (TPSA) is 81.8 Å². The minimum Gasteiger partial charge on any atom is -0.493 e. The minimum absolute atomic E-state index is 0.127. The van der Waals surface area contributed by atoms with Crippen molar-refractivity contribution in [2.24, 2.45) is 0 Å². The average Bonchev–Trinajstić information content (AvgIpc) is 3.30. The third-order valence-corrected chi connectivity index (χ3v) is 5.83. The smallest absolute Gasteiger partial charge is 0.333 e. The van der Waals surface area contributed by atoms with Crippen molar-refractivity contribution in [3.8, 4) is 5.75 Å². The number of benzene rings is 1. The van der Waals surface area contributed by atoms with E-state index in [-0.39, 0.29) is 5.41 Å². The van der Waals surface area contributed by atoms with Gasteiger partial charge in [0.25, 0.3) is 0 Å². The van der Waals surface area contributed by atoms with Crippen molar-refractivity contribution >= 4 is 27.4 Å². The molecule has 3 aromatic rings. The summed E-state index contributed by atoms with van der Waals surface area (Å²) in [6.45, 7) is 10.8. The average molecular weight is 432 g/mol. The number of rotatable bonds is 9. The Labute approximate surface area is 180 Å². The Morgan fingerprint density at radius 3 is 2.70 bits per heavy atom. The lowest BCUT2D eigenvalue weighted by atomic mass is 9.97. The van der Waals surface area contributed by atoms with Gasteiger partial charge in [-0.3, -0.25) is 0 Å². The molecule has 0 aliphatic carbocycles. The van der Waals surface area contributed by atoms with E-state index in [0.717, 1.165) is 38.7 Å². The molecule has 0 saturated heterocycles. The second-order valence-electron chi connectivity index (χ2n) is 8.24. The molecular weight excluding hydrogens is 402 g/mol. The number of ether oxygens (including phenoxy) is 2. The van der Waals surface area contributed by atoms with Crippen LogP contribution in [0.4, 0.5) is 0 Å². The molecule has 0 amide bonds. The van der Waals surface area contributed by atoms with Gasteiger partial charge in [-0.2, -0.15) is 0 Å². The zero-order valence-corrected chi connectivity index (χ0v) is 19.0. The van der Waals surface area contributed by atoms with E-state index in [1.807, 2.05) is 30.5 Å². The molecule has 0 aliphatic rings. The molecule has 0 fully saturated rings. The van der Waals surface area contributed by atoms with Gasteiger partial charge in [-0.25, -0.2) is 9.78 Å². The van der Waals surface area contributed by atoms with Crippen LogP contribution in [0.1, 0.15) is 50.6 Å². The maximum Gasteiger partial charge on any atom is 0.333 e. The van der Waals surface area contributed by atoms with Gasteiger partial charge in [-0.1, -0.05) is 26.8 Å². The summed E-state index contributed by atoms with van der Waals surface area (Å²) < 4.78 is 18.3. The Morgan fingerprint density at radius 2 is 2.07 bits per heavy atom. The number of aromatic nitrogens is 1. The molecule has 3 rings (SSSR count). The molecule has 0 radical (unpaired) electrons. The first-order valence-electron chi connectivity index (χ1n) is 10.1. The summed E-state index contributed by atoms with van der Waals surface area (Å²) in [6.07, 6.45) is 0.137. The first-order chi connectivity index (χ1) is 14.2. The van der Waals surface area contributed by atoms with Crippen LogP contribution in [0.3, 0.4) is 0 Å². The van der Waals surface area contributed by atoms with Crippen molar-refractivity contribution < 1.29 is 23.8 Å². The van der Waals surface area contributed by atoms with E-state index in [0.29, 0.717) is 26.1 Å². The number of aryl methyl sites for hydroxylation is 1. The molecule has 30 heavy (non-hydrogen) atoms. The summed E-state index contributed by atoms with van der Waals surface area (Å²) in [4.78, 5) is 16.1. The lowest BCUT2D eigenvalue weighted by molar-refractivity contribution is -0.149. The SMILES string of the molecule is CCO[C@@H](Cc1ccc(OCCc2nc(C(C)(C)C)oc2C)c2ccsc12)C(=O)O. The van der Waals surface area contributed by atoms with Gasteiger partial charge in [0.2, 0.25) is 0 Å². The van der Waals surface area contributed by atoms with Crippen LogP contribution in [0.2, 0.25) is 0 Å². The number of carboxylic acid groups (broad SMARTS) is 1. The predicted molar refractivity (Wildman–Crippen MR) is 118 cm³/mol. The minimum atomic E-state index is -0.945. The molecular formula is C23H29NO5S. The molecule has 0 saturated carbocycles. The van der Waals surface area contributed by atoms with Gasteiger partial charge in [0.15, 0.2) is 12.0 Å². The van der Waals surface area contributed by atoms with E-state index in [1.165, 1.54) is 0 Å². The fourth-order valence-electron chi connectivity index (χ4n) is 3.24. The van der Waals surface area contributed by atoms with Gasteiger partial charge in [-0.15, -0.1) is 11.3 Å². The quantitative estimate of drug-likeness (QED) is 0.505. The number of fused-ring (bicyclic) bond motifs is 1. The highest BCUT2D eigenvalue weighted by Crippen LogP contribution is 2.34. The zero-order valence-electron chi connectivity index (χ0n) is 18.2. The van der Waals surface area contributed by atoms with Crippen LogP contribution in [0.5, 0.6) is 5.75 Å². The van der Waals surface area contributed by atoms with Gasteiger partial charge in [0.1, 0.15) is 11.5 Å². The normalized spacial score (nSPS) is 13.0. The van der Waals surface area contributed by atoms with Crippen LogP contribution in [-0.4, -0.2) is 35.4 Å². The van der Waals surface area contributed by atoms with Crippen molar-refractivity contribution in [2.45, 2.75) is 59.0 Å². The molecule has 1 N–H and O–H groups in total. The van der Waals surface area contributed by atoms with E-state index in [4.69, 9.17) is 13.9 Å². The van der Waals surface area contributed by atoms with Crippen LogP contribution < -0.4 is 4.74 Å². The van der Waals surface area contributed by atoms with Gasteiger partial charge in [0.05, 0.1) is 12.3 Å². The molecule has 0 aliphatic heterocycles. The first kappa shape index (κ1) is 22.3. The van der Waals surface area contributed by atoms with Crippen LogP contribution in [0.15, 0.2) is 28.0 Å². The van der Waals surface area contributed by atoms with E-state index in [1.54, 1.807) is 18.3 Å². The van der Waals surface area contributed by atoms with Crippen LogP contribution >= 0.6 is 11.3 Å². The standard InChI is InChI=1S/C23H29NO5S/c1-6-27-19(21(25)26)13-15-7-8-18(16-10-12-30-20(15)16)28-11-9-17-14(2)29-22(24-17)23(3,4)5/h7-8,10,12,19H,6,9,11,13H2,1-5H3,(H,25,26)/t19-/m0/s1. The highest BCUT2D eigenvalue weighted by Gasteiger charge is 2.23. The number of hydrogen-bond donors (Lipinski definition) is 1. The monoisotopic (exact) mass is 431 g/mol. The predicted octanol–water partition coefficient (Wildman–Crippen LogP) is 5.15. The second kappa shape index (κ2) is 9.18. The third-order valence-electron chi connectivity index (χ3n) is 4.84. The van der Waals surface area contributed by atoms with Crippen molar-refractivity contribution in [3.05, 3.63) is 46.5 Å². The van der Waals surface area contributed by atoms with E-state index in [2.05, 4.69) is 25.8 Å². The fraction of sp³-hybridized carbons (Fsp3) is 0.478. The van der Waals surface area contributed by atoms with Crippen molar-refractivity contribution in [1.82, 2.24) is 4.98 Å². The number of carboxylic acids is 1. The Hall–Kier alpha value is -2.38. The Balaban J connectivity index is 1.72. The van der Waals surface area contributed by atoms with Gasteiger partial charge < -0.3 is 19.0 Å². The highest BCUT2D eigenvalue weighted by molar-refractivity contribution is 7.17. The summed E-state index contributed by atoms with van der Waals surface area (Å²) in [5.41, 5.74) is 1.74. The van der Waals surface area contributed by atoms with Gasteiger partial charge >= 0.3 is 5.97 Å². The fourth-order valence-corrected chi connectivity index (χ4v) is 4.18. The van der Waals surface area contributed by atoms with Gasteiger partial charge in [-0.05, 0) is 36.9 Å². The van der Waals surface area contributed by atoms with Crippen LogP contribution in [0, 0.1) is 6.92 Å². The number of thiophene rings is 1. The lowest BCUT2D eigenvalue weighted by Gasteiger charge is -2.14. The maximum atomic E-state index is 11.4. The lowest BCUT2D eigenvalue weighted by Crippen LogP contribution is -2.26. The van der Waals surface area contributed by atoms with Crippen LogP contribution in [0.25, 0.3) is 10.1 Å².